The Balaban J connectivity index is 2.17. The highest BCUT2D eigenvalue weighted by Crippen LogP contribution is 2.43. The van der Waals surface area contributed by atoms with Crippen molar-refractivity contribution in [1.29, 1.82) is 0 Å². The monoisotopic (exact) mass is 314 g/mol. The molecule has 9 heteroatoms. The molecule has 2 N–H and O–H groups in total. The number of aromatic carboxylic acids is 1. The number of halogens is 3. The predicted molar refractivity (Wildman–Crippen MR) is 67.0 cm³/mol. The van der Waals surface area contributed by atoms with Gasteiger partial charge >= 0.3 is 12.1 Å². The quantitative estimate of drug-likeness (QED) is 0.890. The van der Waals surface area contributed by atoms with Gasteiger partial charge < -0.3 is 14.6 Å². The molecule has 0 aliphatic carbocycles. The van der Waals surface area contributed by atoms with Gasteiger partial charge in [0.05, 0.1) is 11.3 Å². The lowest BCUT2D eigenvalue weighted by molar-refractivity contribution is -0.137. The zero-order chi connectivity index (χ0) is 15.9. The van der Waals surface area contributed by atoms with Crippen molar-refractivity contribution in [3.8, 4) is 22.8 Å². The van der Waals surface area contributed by atoms with Gasteiger partial charge in [0, 0.05) is 5.56 Å². The van der Waals surface area contributed by atoms with Crippen LogP contribution in [0.5, 0.6) is 11.5 Å². The minimum Gasteiger partial charge on any atom is -0.486 e. The number of carboxylic acid groups (broad SMARTS) is 1. The van der Waals surface area contributed by atoms with E-state index in [1.807, 2.05) is 0 Å². The first kappa shape index (κ1) is 14.2. The maximum atomic E-state index is 13.2. The SMILES string of the molecule is O=C(O)c1cc(-c2cc3c(cc2C(F)(F)F)OCCO3)n[nH]1. The lowest BCUT2D eigenvalue weighted by Gasteiger charge is -2.21. The van der Waals surface area contributed by atoms with E-state index < -0.39 is 17.7 Å². The van der Waals surface area contributed by atoms with Crippen LogP contribution >= 0.6 is 0 Å². The van der Waals surface area contributed by atoms with Crippen molar-refractivity contribution in [1.82, 2.24) is 10.2 Å². The standard InChI is InChI=1S/C13H9F3N2O4/c14-13(15,16)7-4-11-10(21-1-2-22-11)3-6(7)8-5-9(12(19)20)18-17-8/h3-5H,1-2H2,(H,17,18)(H,19,20). The number of carbonyl (C=O) groups is 1. The number of hydrogen-bond acceptors (Lipinski definition) is 4. The summed E-state index contributed by atoms with van der Waals surface area (Å²) in [6.45, 7) is 0.383. The maximum absolute atomic E-state index is 13.2. The fraction of sp³-hybridized carbons (Fsp3) is 0.231. The molecule has 2 aromatic rings. The van der Waals surface area contributed by atoms with Gasteiger partial charge in [-0.1, -0.05) is 0 Å². The van der Waals surface area contributed by atoms with Crippen LogP contribution in [0.25, 0.3) is 11.3 Å². The van der Waals surface area contributed by atoms with Crippen LogP contribution in [0, 0.1) is 0 Å². The molecule has 1 aliphatic heterocycles. The van der Waals surface area contributed by atoms with Gasteiger partial charge in [0.2, 0.25) is 0 Å². The minimum absolute atomic E-state index is 0.00341. The Kier molecular flexibility index (Phi) is 3.19. The molecular weight excluding hydrogens is 305 g/mol. The van der Waals surface area contributed by atoms with E-state index in [2.05, 4.69) is 10.2 Å². The van der Waals surface area contributed by atoms with E-state index in [4.69, 9.17) is 14.6 Å². The fourth-order valence-electron chi connectivity index (χ4n) is 2.10. The molecule has 1 aliphatic rings. The van der Waals surface area contributed by atoms with Crippen LogP contribution in [0.1, 0.15) is 16.1 Å². The van der Waals surface area contributed by atoms with Gasteiger partial charge in [0.25, 0.3) is 0 Å². The lowest BCUT2D eigenvalue weighted by Crippen LogP contribution is -2.17. The Morgan fingerprint density at radius 1 is 1.18 bits per heavy atom. The molecule has 0 radical (unpaired) electrons. The first-order valence-corrected chi connectivity index (χ1v) is 6.16. The van der Waals surface area contributed by atoms with E-state index >= 15 is 0 Å². The van der Waals surface area contributed by atoms with Crippen LogP contribution in [0.4, 0.5) is 13.2 Å². The summed E-state index contributed by atoms with van der Waals surface area (Å²) in [6.07, 6.45) is -4.65. The first-order chi connectivity index (χ1) is 10.4. The Morgan fingerprint density at radius 2 is 1.82 bits per heavy atom. The van der Waals surface area contributed by atoms with Crippen molar-refractivity contribution in [2.24, 2.45) is 0 Å². The first-order valence-electron chi connectivity index (χ1n) is 6.16. The van der Waals surface area contributed by atoms with E-state index in [-0.39, 0.29) is 41.7 Å². The molecule has 22 heavy (non-hydrogen) atoms. The van der Waals surface area contributed by atoms with Crippen molar-refractivity contribution in [2.45, 2.75) is 6.18 Å². The van der Waals surface area contributed by atoms with Gasteiger partial charge in [-0.15, -0.1) is 0 Å². The Morgan fingerprint density at radius 3 is 2.36 bits per heavy atom. The van der Waals surface area contributed by atoms with E-state index in [0.29, 0.717) is 0 Å². The summed E-state index contributed by atoms with van der Waals surface area (Å²) < 4.78 is 50.1. The Hall–Kier alpha value is -2.71. The summed E-state index contributed by atoms with van der Waals surface area (Å²) in [6, 6.07) is 3.01. The third-order valence-electron chi connectivity index (χ3n) is 3.07. The second-order valence-corrected chi connectivity index (χ2v) is 4.51. The van der Waals surface area contributed by atoms with Crippen LogP contribution in [-0.4, -0.2) is 34.5 Å². The molecule has 0 saturated carbocycles. The number of nitrogens with one attached hydrogen (secondary N) is 1. The molecule has 0 amide bonds. The molecule has 0 saturated heterocycles. The van der Waals surface area contributed by atoms with Crippen molar-refractivity contribution in [3.63, 3.8) is 0 Å². The van der Waals surface area contributed by atoms with Crippen LogP contribution in [0.3, 0.4) is 0 Å². The summed E-state index contributed by atoms with van der Waals surface area (Å²) in [5.74, 6) is -1.16. The molecule has 2 heterocycles. The average molecular weight is 314 g/mol. The number of aromatic nitrogens is 2. The topological polar surface area (TPSA) is 84.4 Å². The third-order valence-corrected chi connectivity index (χ3v) is 3.07. The molecule has 1 aromatic carbocycles. The summed E-state index contributed by atoms with van der Waals surface area (Å²) in [4.78, 5) is 10.8. The second kappa shape index (κ2) is 4.93. The minimum atomic E-state index is -4.65. The predicted octanol–water partition coefficient (Wildman–Crippen LogP) is 2.56. The van der Waals surface area contributed by atoms with E-state index in [1.54, 1.807) is 0 Å². The van der Waals surface area contributed by atoms with Gasteiger partial charge in [0.15, 0.2) is 11.5 Å². The van der Waals surface area contributed by atoms with Crippen LogP contribution in [-0.2, 0) is 6.18 Å². The molecule has 1 aromatic heterocycles. The van der Waals surface area contributed by atoms with Crippen LogP contribution < -0.4 is 9.47 Å². The highest BCUT2D eigenvalue weighted by atomic mass is 19.4. The Bertz CT molecular complexity index is 739. The second-order valence-electron chi connectivity index (χ2n) is 4.51. The number of fused-ring (bicyclic) bond motifs is 1. The van der Waals surface area contributed by atoms with Crippen molar-refractivity contribution >= 4 is 5.97 Å². The van der Waals surface area contributed by atoms with Gasteiger partial charge in [-0.05, 0) is 18.2 Å². The van der Waals surface area contributed by atoms with Crippen molar-refractivity contribution in [3.05, 3.63) is 29.5 Å². The lowest BCUT2D eigenvalue weighted by atomic mass is 10.0. The summed E-state index contributed by atoms with van der Waals surface area (Å²) in [7, 11) is 0. The number of H-pyrrole nitrogens is 1. The normalized spacial score (nSPS) is 14.0. The van der Waals surface area contributed by atoms with Gasteiger partial charge in [-0.25, -0.2) is 4.79 Å². The molecule has 6 nitrogen and oxygen atoms in total. The van der Waals surface area contributed by atoms with Crippen molar-refractivity contribution in [2.75, 3.05) is 13.2 Å². The molecule has 116 valence electrons. The molecule has 0 unspecified atom stereocenters. The van der Waals surface area contributed by atoms with Gasteiger partial charge in [-0.2, -0.15) is 18.3 Å². The van der Waals surface area contributed by atoms with Gasteiger partial charge in [-0.3, -0.25) is 5.10 Å². The number of ether oxygens (including phenoxy) is 2. The molecule has 0 spiro atoms. The largest absolute Gasteiger partial charge is 0.486 e. The zero-order valence-corrected chi connectivity index (χ0v) is 10.9. The summed E-state index contributed by atoms with van der Waals surface area (Å²) >= 11 is 0. The number of alkyl halides is 3. The summed E-state index contributed by atoms with van der Waals surface area (Å²) in [5.41, 5.74) is -1.69. The van der Waals surface area contributed by atoms with E-state index in [0.717, 1.165) is 18.2 Å². The molecule has 0 fully saturated rings. The third kappa shape index (κ3) is 2.45. The van der Waals surface area contributed by atoms with Crippen LogP contribution in [0.15, 0.2) is 18.2 Å². The number of hydrogen-bond donors (Lipinski definition) is 2. The number of benzene rings is 1. The van der Waals surface area contributed by atoms with Gasteiger partial charge in [0.1, 0.15) is 18.9 Å². The van der Waals surface area contributed by atoms with Crippen LogP contribution in [0.2, 0.25) is 0 Å². The number of carboxylic acids is 1. The average Bonchev–Trinajstić information content (AvgIpc) is 2.95. The zero-order valence-electron chi connectivity index (χ0n) is 10.9. The highest BCUT2D eigenvalue weighted by molar-refractivity contribution is 5.87. The highest BCUT2D eigenvalue weighted by Gasteiger charge is 2.36. The van der Waals surface area contributed by atoms with E-state index in [1.165, 1.54) is 0 Å². The number of aromatic amines is 1. The maximum Gasteiger partial charge on any atom is 0.417 e. The molecule has 0 bridgehead atoms. The van der Waals surface area contributed by atoms with E-state index in [9.17, 15) is 18.0 Å². The number of rotatable bonds is 2. The number of nitrogens with zero attached hydrogens (tertiary/aromatic N) is 1. The molecule has 3 rings (SSSR count). The fourth-order valence-corrected chi connectivity index (χ4v) is 2.10. The molecular formula is C13H9F3N2O4. The van der Waals surface area contributed by atoms with Crippen molar-refractivity contribution < 1.29 is 32.5 Å². The smallest absolute Gasteiger partial charge is 0.417 e. The Labute approximate surface area is 121 Å². The summed E-state index contributed by atoms with van der Waals surface area (Å²) in [5, 5.41) is 14.6. The molecule has 0 atom stereocenters.